The molecule has 1 aliphatic rings. The van der Waals surface area contributed by atoms with E-state index >= 15 is 0 Å². The van der Waals surface area contributed by atoms with E-state index in [4.69, 9.17) is 5.73 Å². The van der Waals surface area contributed by atoms with E-state index in [-0.39, 0.29) is 5.54 Å². The lowest BCUT2D eigenvalue weighted by molar-refractivity contribution is 0.132. The fourth-order valence-electron chi connectivity index (χ4n) is 2.66. The van der Waals surface area contributed by atoms with Gasteiger partial charge in [-0.2, -0.15) is 0 Å². The maximum Gasteiger partial charge on any atom is 0.0182 e. The van der Waals surface area contributed by atoms with Crippen LogP contribution in [0.2, 0.25) is 0 Å². The van der Waals surface area contributed by atoms with Crippen molar-refractivity contribution >= 4 is 0 Å². The van der Waals surface area contributed by atoms with Crippen LogP contribution in [0.3, 0.4) is 0 Å². The van der Waals surface area contributed by atoms with Crippen molar-refractivity contribution in [2.75, 3.05) is 0 Å². The Morgan fingerprint density at radius 2 is 2.08 bits per heavy atom. The lowest BCUT2D eigenvalue weighted by atomic mass is 9.67. The molecule has 0 radical (unpaired) electrons. The van der Waals surface area contributed by atoms with Gasteiger partial charge in [-0.1, -0.05) is 46.5 Å². The highest BCUT2D eigenvalue weighted by atomic mass is 14.8. The quantitative estimate of drug-likeness (QED) is 0.713. The molecule has 0 aromatic heterocycles. The van der Waals surface area contributed by atoms with Crippen LogP contribution in [0.1, 0.15) is 59.3 Å². The Labute approximate surface area is 83.1 Å². The maximum atomic E-state index is 6.48. The van der Waals surface area contributed by atoms with Gasteiger partial charge in [-0.15, -0.1) is 0 Å². The molecule has 3 atom stereocenters. The van der Waals surface area contributed by atoms with Crippen LogP contribution in [0.25, 0.3) is 0 Å². The molecule has 2 N–H and O–H groups in total. The second-order valence-corrected chi connectivity index (χ2v) is 4.99. The second-order valence-electron chi connectivity index (χ2n) is 4.99. The summed E-state index contributed by atoms with van der Waals surface area (Å²) in [5.74, 6) is 1.54. The van der Waals surface area contributed by atoms with E-state index < -0.39 is 0 Å². The molecule has 1 aliphatic carbocycles. The highest BCUT2D eigenvalue weighted by molar-refractivity contribution is 4.94. The maximum absolute atomic E-state index is 6.48. The molecule has 0 heterocycles. The first-order valence-corrected chi connectivity index (χ1v) is 5.89. The number of unbranched alkanes of at least 4 members (excludes halogenated alkanes) is 1. The zero-order valence-corrected chi connectivity index (χ0v) is 9.47. The third-order valence-electron chi connectivity index (χ3n) is 4.06. The topological polar surface area (TPSA) is 26.0 Å². The van der Waals surface area contributed by atoms with Gasteiger partial charge in [-0.25, -0.2) is 0 Å². The summed E-state index contributed by atoms with van der Waals surface area (Å²) in [6.07, 6.45) is 7.78. The third kappa shape index (κ3) is 2.46. The Kier molecular flexibility index (Phi) is 3.78. The number of hydrogen-bond acceptors (Lipinski definition) is 1. The van der Waals surface area contributed by atoms with Crippen molar-refractivity contribution in [3.8, 4) is 0 Å². The van der Waals surface area contributed by atoms with E-state index in [0.29, 0.717) is 5.92 Å². The Morgan fingerprint density at radius 1 is 1.38 bits per heavy atom. The summed E-state index contributed by atoms with van der Waals surface area (Å²) in [4.78, 5) is 0. The lowest BCUT2D eigenvalue weighted by Gasteiger charge is -2.43. The van der Waals surface area contributed by atoms with E-state index in [9.17, 15) is 0 Å². The van der Waals surface area contributed by atoms with Crippen molar-refractivity contribution in [3.05, 3.63) is 0 Å². The van der Waals surface area contributed by atoms with Gasteiger partial charge in [0.1, 0.15) is 0 Å². The summed E-state index contributed by atoms with van der Waals surface area (Å²) < 4.78 is 0. The smallest absolute Gasteiger partial charge is 0.0182 e. The van der Waals surface area contributed by atoms with E-state index in [1.165, 1.54) is 38.5 Å². The molecule has 1 heteroatoms. The largest absolute Gasteiger partial charge is 0.325 e. The number of rotatable bonds is 3. The molecule has 78 valence electrons. The number of nitrogens with two attached hydrogens (primary N) is 1. The van der Waals surface area contributed by atoms with E-state index in [0.717, 1.165) is 5.92 Å². The van der Waals surface area contributed by atoms with Crippen LogP contribution in [0.4, 0.5) is 0 Å². The molecule has 0 aliphatic heterocycles. The van der Waals surface area contributed by atoms with Crippen molar-refractivity contribution in [2.45, 2.75) is 64.8 Å². The highest BCUT2D eigenvalue weighted by Gasteiger charge is 2.37. The van der Waals surface area contributed by atoms with Crippen LogP contribution in [0, 0.1) is 11.8 Å². The van der Waals surface area contributed by atoms with Crippen LogP contribution >= 0.6 is 0 Å². The molecule has 13 heavy (non-hydrogen) atoms. The summed E-state index contributed by atoms with van der Waals surface area (Å²) in [6.45, 7) is 6.96. The first-order chi connectivity index (χ1) is 6.10. The molecule has 0 spiro atoms. The Morgan fingerprint density at radius 3 is 2.69 bits per heavy atom. The lowest BCUT2D eigenvalue weighted by Crippen LogP contribution is -2.50. The standard InChI is InChI=1S/C12H25N/c1-4-5-8-12(13)9-6-7-10(2)11(12)3/h10-11H,4-9,13H2,1-3H3. The molecule has 1 rings (SSSR count). The molecule has 0 bridgehead atoms. The minimum absolute atomic E-state index is 0.160. The first-order valence-electron chi connectivity index (χ1n) is 5.89. The molecule has 1 saturated carbocycles. The van der Waals surface area contributed by atoms with Crippen LogP contribution < -0.4 is 5.73 Å². The van der Waals surface area contributed by atoms with Crippen LogP contribution in [-0.4, -0.2) is 5.54 Å². The third-order valence-corrected chi connectivity index (χ3v) is 4.06. The minimum atomic E-state index is 0.160. The summed E-state index contributed by atoms with van der Waals surface area (Å²) in [6, 6.07) is 0. The van der Waals surface area contributed by atoms with Gasteiger partial charge in [-0.3, -0.25) is 0 Å². The van der Waals surface area contributed by atoms with Crippen molar-refractivity contribution in [2.24, 2.45) is 17.6 Å². The zero-order valence-electron chi connectivity index (χ0n) is 9.47. The van der Waals surface area contributed by atoms with Gasteiger partial charge in [0.25, 0.3) is 0 Å². The molecule has 0 saturated heterocycles. The molecule has 0 amide bonds. The minimum Gasteiger partial charge on any atom is -0.325 e. The SMILES string of the molecule is CCCCC1(N)CCCC(C)C1C. The second kappa shape index (κ2) is 4.45. The van der Waals surface area contributed by atoms with Crippen LogP contribution in [0.15, 0.2) is 0 Å². The summed E-state index contributed by atoms with van der Waals surface area (Å²) >= 11 is 0. The van der Waals surface area contributed by atoms with Gasteiger partial charge < -0.3 is 5.73 Å². The first kappa shape index (κ1) is 11.0. The van der Waals surface area contributed by atoms with Gasteiger partial charge in [0.15, 0.2) is 0 Å². The molecule has 0 aromatic rings. The Balaban J connectivity index is 2.53. The van der Waals surface area contributed by atoms with Gasteiger partial charge >= 0.3 is 0 Å². The Hall–Kier alpha value is -0.0400. The van der Waals surface area contributed by atoms with Crippen molar-refractivity contribution in [1.29, 1.82) is 0 Å². The fourth-order valence-corrected chi connectivity index (χ4v) is 2.66. The molecule has 0 aromatic carbocycles. The molecular weight excluding hydrogens is 158 g/mol. The van der Waals surface area contributed by atoms with Crippen LogP contribution in [-0.2, 0) is 0 Å². The van der Waals surface area contributed by atoms with E-state index in [2.05, 4.69) is 20.8 Å². The van der Waals surface area contributed by atoms with Gasteiger partial charge in [0.05, 0.1) is 0 Å². The molecular formula is C12H25N. The van der Waals surface area contributed by atoms with Crippen molar-refractivity contribution in [3.63, 3.8) is 0 Å². The molecule has 1 fully saturated rings. The fraction of sp³-hybridized carbons (Fsp3) is 1.00. The van der Waals surface area contributed by atoms with E-state index in [1.807, 2.05) is 0 Å². The molecule has 3 unspecified atom stereocenters. The van der Waals surface area contributed by atoms with Crippen molar-refractivity contribution in [1.82, 2.24) is 0 Å². The normalized spacial score (nSPS) is 40.6. The monoisotopic (exact) mass is 183 g/mol. The van der Waals surface area contributed by atoms with Gasteiger partial charge in [0, 0.05) is 5.54 Å². The van der Waals surface area contributed by atoms with Gasteiger partial charge in [0.2, 0.25) is 0 Å². The van der Waals surface area contributed by atoms with Gasteiger partial charge in [-0.05, 0) is 24.7 Å². The predicted octanol–water partition coefficient (Wildman–Crippen LogP) is 3.33. The average molecular weight is 183 g/mol. The predicted molar refractivity (Wildman–Crippen MR) is 58.6 cm³/mol. The summed E-state index contributed by atoms with van der Waals surface area (Å²) in [5, 5.41) is 0. The average Bonchev–Trinajstić information content (AvgIpc) is 2.11. The number of hydrogen-bond donors (Lipinski definition) is 1. The van der Waals surface area contributed by atoms with Crippen molar-refractivity contribution < 1.29 is 0 Å². The summed E-state index contributed by atoms with van der Waals surface area (Å²) in [7, 11) is 0. The molecule has 1 nitrogen and oxygen atoms in total. The highest BCUT2D eigenvalue weighted by Crippen LogP contribution is 2.38. The summed E-state index contributed by atoms with van der Waals surface area (Å²) in [5.41, 5.74) is 6.64. The van der Waals surface area contributed by atoms with E-state index in [1.54, 1.807) is 0 Å². The Bertz CT molecular complexity index is 155. The van der Waals surface area contributed by atoms with Crippen LogP contribution in [0.5, 0.6) is 0 Å². The zero-order chi connectivity index (χ0) is 9.90.